The predicted molar refractivity (Wildman–Crippen MR) is 242 cm³/mol. The Balaban J connectivity index is 0.908. The SMILES string of the molecule is COC(=O)N[C@H](C(=O)N1CCC[C@H]1C1=Nc2ccc(-c3ccc4c(c3)sc3cc(-c5cnc([C@@H]6CCCN6C(=O)[C@H](NC(=O)OC)c6ccccc6)[nH]5)ccc34)cc2C1)[C@@H](C)OC. The van der Waals surface area contributed by atoms with Gasteiger partial charge >= 0.3 is 12.2 Å². The fourth-order valence-corrected chi connectivity index (χ4v) is 10.4. The second-order valence-corrected chi connectivity index (χ2v) is 17.3. The zero-order chi connectivity index (χ0) is 43.8. The first-order valence-corrected chi connectivity index (χ1v) is 22.1. The minimum Gasteiger partial charge on any atom is -0.453 e. The fourth-order valence-electron chi connectivity index (χ4n) is 9.22. The van der Waals surface area contributed by atoms with Crippen molar-refractivity contribution in [3.8, 4) is 22.4 Å². The zero-order valence-corrected chi connectivity index (χ0v) is 36.4. The van der Waals surface area contributed by atoms with Gasteiger partial charge in [-0.25, -0.2) is 14.6 Å². The topological polar surface area (TPSA) is 168 Å². The number of alkyl carbamates (subject to hydrolysis) is 2. The van der Waals surface area contributed by atoms with Crippen LogP contribution >= 0.6 is 11.3 Å². The smallest absolute Gasteiger partial charge is 0.407 e. The Kier molecular flexibility index (Phi) is 11.7. The highest BCUT2D eigenvalue weighted by molar-refractivity contribution is 7.25. The lowest BCUT2D eigenvalue weighted by molar-refractivity contribution is -0.136. The van der Waals surface area contributed by atoms with Crippen LogP contribution in [0.2, 0.25) is 0 Å². The molecule has 5 heterocycles. The van der Waals surface area contributed by atoms with Gasteiger partial charge in [0.1, 0.15) is 17.9 Å². The number of nitrogens with one attached hydrogen (secondary N) is 3. The van der Waals surface area contributed by atoms with E-state index in [1.807, 2.05) is 41.4 Å². The van der Waals surface area contributed by atoms with E-state index in [1.165, 1.54) is 36.8 Å². The van der Waals surface area contributed by atoms with Gasteiger partial charge in [-0.05, 0) is 79.1 Å². The predicted octanol–water partition coefficient (Wildman–Crippen LogP) is 8.25. The van der Waals surface area contributed by atoms with Crippen molar-refractivity contribution in [1.82, 2.24) is 30.4 Å². The van der Waals surface area contributed by atoms with Gasteiger partial charge in [0.25, 0.3) is 5.91 Å². The van der Waals surface area contributed by atoms with Crippen LogP contribution in [0.1, 0.15) is 61.6 Å². The number of hydrogen-bond acceptors (Lipinski definition) is 10. The van der Waals surface area contributed by atoms with Crippen LogP contribution in [0.3, 0.4) is 0 Å². The molecular weight excluding hydrogens is 819 g/mol. The van der Waals surface area contributed by atoms with Gasteiger partial charge in [0.05, 0.1) is 50.0 Å². The summed E-state index contributed by atoms with van der Waals surface area (Å²) in [6, 6.07) is 26.5. The van der Waals surface area contributed by atoms with Crippen LogP contribution < -0.4 is 10.6 Å². The number of thiophene rings is 1. The van der Waals surface area contributed by atoms with Crippen LogP contribution in [-0.4, -0.2) is 102 Å². The van der Waals surface area contributed by atoms with Gasteiger partial charge in [-0.2, -0.15) is 0 Å². The van der Waals surface area contributed by atoms with Crippen LogP contribution in [0.5, 0.6) is 0 Å². The lowest BCUT2D eigenvalue weighted by atomic mass is 9.98. The molecule has 3 aliphatic rings. The summed E-state index contributed by atoms with van der Waals surface area (Å²) in [5.41, 5.74) is 7.74. The molecule has 14 nitrogen and oxygen atoms in total. The zero-order valence-electron chi connectivity index (χ0n) is 35.6. The first-order valence-electron chi connectivity index (χ1n) is 21.2. The Hall–Kier alpha value is -6.58. The summed E-state index contributed by atoms with van der Waals surface area (Å²) in [4.78, 5) is 69.1. The molecule has 0 spiro atoms. The normalized spacial score (nSPS) is 18.5. The summed E-state index contributed by atoms with van der Waals surface area (Å²) in [5.74, 6) is 0.295. The van der Waals surface area contributed by atoms with Crippen molar-refractivity contribution < 1.29 is 33.4 Å². The summed E-state index contributed by atoms with van der Waals surface area (Å²) < 4.78 is 17.4. The van der Waals surface area contributed by atoms with E-state index in [1.54, 1.807) is 23.2 Å². The standard InChI is InChI=1S/C48H49N7O7S/c1-27(60-2)42(52-47(58)61-3)45(56)54-20-8-12-38(54)36-23-32-22-29(16-19-35(32)50-36)30-14-17-33-34-18-15-31(25-41(34)63-40(33)24-30)37-26-49-44(51-37)39-13-9-21-55(39)46(57)43(53-48(59)62-4)28-10-6-5-7-11-28/h5-7,10-11,14-19,22,24-27,38-39,42-43H,8-9,12-13,20-21,23H2,1-4H3,(H,49,51)(H,52,58)(H,53,59)/t27-,38+,39+,42+,43-/m1/s1. The van der Waals surface area contributed by atoms with E-state index in [4.69, 9.17) is 24.2 Å². The molecule has 2 saturated heterocycles. The van der Waals surface area contributed by atoms with E-state index in [-0.39, 0.29) is 23.9 Å². The first kappa shape index (κ1) is 41.8. The van der Waals surface area contributed by atoms with Gasteiger partial charge in [-0.15, -0.1) is 11.3 Å². The molecule has 0 saturated carbocycles. The highest BCUT2D eigenvalue weighted by Gasteiger charge is 2.40. The van der Waals surface area contributed by atoms with Crippen molar-refractivity contribution >= 4 is 66.9 Å². The van der Waals surface area contributed by atoms with Crippen LogP contribution in [-0.2, 0) is 30.2 Å². The summed E-state index contributed by atoms with van der Waals surface area (Å²) in [6.07, 6.45) is 3.81. The van der Waals surface area contributed by atoms with E-state index < -0.39 is 30.4 Å². The average molecular weight is 868 g/mol. The molecule has 15 heteroatoms. The van der Waals surface area contributed by atoms with Gasteiger partial charge in [-0.1, -0.05) is 60.7 Å². The number of imidazole rings is 1. The molecule has 63 heavy (non-hydrogen) atoms. The van der Waals surface area contributed by atoms with E-state index in [0.717, 1.165) is 69.7 Å². The fraction of sp³-hybridized carbons (Fsp3) is 0.333. The molecule has 2 aromatic heterocycles. The van der Waals surface area contributed by atoms with Gasteiger partial charge in [0, 0.05) is 58.1 Å². The number of aromatic nitrogens is 2. The van der Waals surface area contributed by atoms with Gasteiger partial charge < -0.3 is 39.6 Å². The average Bonchev–Trinajstić information content (AvgIpc) is 4.17. The Morgan fingerprint density at radius 1 is 0.762 bits per heavy atom. The Morgan fingerprint density at radius 2 is 1.40 bits per heavy atom. The summed E-state index contributed by atoms with van der Waals surface area (Å²) in [7, 11) is 4.08. The molecule has 0 radical (unpaired) electrons. The van der Waals surface area contributed by atoms with Crippen molar-refractivity contribution in [1.29, 1.82) is 0 Å². The number of nitrogens with zero attached hydrogens (tertiary/aromatic N) is 4. The van der Waals surface area contributed by atoms with Crippen LogP contribution in [0.15, 0.2) is 96.1 Å². The maximum Gasteiger partial charge on any atom is 0.407 e. The first-order chi connectivity index (χ1) is 30.6. The largest absolute Gasteiger partial charge is 0.453 e. The number of rotatable bonds is 11. The van der Waals surface area contributed by atoms with Crippen molar-refractivity contribution in [2.75, 3.05) is 34.4 Å². The van der Waals surface area contributed by atoms with Crippen LogP contribution in [0.25, 0.3) is 42.6 Å². The monoisotopic (exact) mass is 867 g/mol. The Bertz CT molecular complexity index is 2750. The summed E-state index contributed by atoms with van der Waals surface area (Å²) in [6.45, 7) is 2.89. The number of carbonyl (C=O) groups excluding carboxylic acids is 4. The van der Waals surface area contributed by atoms with Crippen molar-refractivity contribution in [2.24, 2.45) is 4.99 Å². The number of benzene rings is 4. The lowest BCUT2D eigenvalue weighted by Gasteiger charge is -2.31. The molecule has 9 rings (SSSR count). The second kappa shape index (κ2) is 17.7. The molecule has 0 aliphatic carbocycles. The van der Waals surface area contributed by atoms with E-state index >= 15 is 0 Å². The third-order valence-corrected chi connectivity index (χ3v) is 13.7. The molecule has 0 unspecified atom stereocenters. The van der Waals surface area contributed by atoms with Gasteiger partial charge in [-0.3, -0.25) is 14.6 Å². The number of amides is 4. The number of methoxy groups -OCH3 is 3. The third kappa shape index (κ3) is 8.14. The van der Waals surface area contributed by atoms with Crippen LogP contribution in [0.4, 0.5) is 15.3 Å². The number of carbonyl (C=O) groups is 4. The summed E-state index contributed by atoms with van der Waals surface area (Å²) in [5, 5.41) is 7.75. The molecule has 0 bridgehead atoms. The molecule has 324 valence electrons. The second-order valence-electron chi connectivity index (χ2n) is 16.2. The molecule has 5 atom stereocenters. The Morgan fingerprint density at radius 3 is 2.11 bits per heavy atom. The highest BCUT2D eigenvalue weighted by atomic mass is 32.1. The quantitative estimate of drug-likeness (QED) is 0.117. The number of aromatic amines is 1. The number of fused-ring (bicyclic) bond motifs is 4. The number of likely N-dealkylation sites (tertiary alicyclic amines) is 2. The molecular formula is C48H49N7O7S. The Labute approximate surface area is 368 Å². The lowest BCUT2D eigenvalue weighted by Crippen LogP contribution is -2.56. The van der Waals surface area contributed by atoms with E-state index in [2.05, 4.69) is 70.2 Å². The maximum absolute atomic E-state index is 14.0. The van der Waals surface area contributed by atoms with E-state index in [0.29, 0.717) is 30.9 Å². The number of H-pyrrole nitrogens is 1. The minimum atomic E-state index is -0.884. The van der Waals surface area contributed by atoms with Crippen LogP contribution in [0, 0.1) is 0 Å². The highest BCUT2D eigenvalue weighted by Crippen LogP contribution is 2.41. The number of hydrogen-bond donors (Lipinski definition) is 3. The van der Waals surface area contributed by atoms with Gasteiger partial charge in [0.15, 0.2) is 0 Å². The minimum absolute atomic E-state index is 0.163. The van der Waals surface area contributed by atoms with Gasteiger partial charge in [0.2, 0.25) is 5.91 Å². The molecule has 3 N–H and O–H groups in total. The molecule has 6 aromatic rings. The molecule has 2 fully saturated rings. The maximum atomic E-state index is 14.0. The van der Waals surface area contributed by atoms with Crippen molar-refractivity contribution in [3.05, 3.63) is 108 Å². The van der Waals surface area contributed by atoms with Crippen molar-refractivity contribution in [2.45, 2.75) is 69.3 Å². The van der Waals surface area contributed by atoms with Crippen molar-refractivity contribution in [3.63, 3.8) is 0 Å². The number of aliphatic imine (C=N–C) groups is 1. The third-order valence-electron chi connectivity index (χ3n) is 12.6. The van der Waals surface area contributed by atoms with E-state index in [9.17, 15) is 19.2 Å². The number of ether oxygens (including phenoxy) is 3. The molecule has 4 aromatic carbocycles. The molecule has 3 aliphatic heterocycles. The molecule has 4 amide bonds. The summed E-state index contributed by atoms with van der Waals surface area (Å²) >= 11 is 1.74.